The highest BCUT2D eigenvalue weighted by Crippen LogP contribution is 2.24. The standard InChI is InChI=1S/C17H24N4O4S/c1-2-19-4-5-21(16(23)15(19)22)17(24)18-11-14(13-3-8-25-12-13)20-6-9-26-10-7-20/h3,8,12,14H,2,4-7,9-11H2,1H3,(H,18,24)/t14-/m0/s1. The first-order chi connectivity index (χ1) is 12.6. The molecule has 1 aromatic heterocycles. The number of carbonyl (C=O) groups excluding carboxylic acids is 3. The first-order valence-electron chi connectivity index (χ1n) is 8.84. The average molecular weight is 380 g/mol. The Kier molecular flexibility index (Phi) is 6.20. The lowest BCUT2D eigenvalue weighted by Gasteiger charge is -2.35. The Morgan fingerprint density at radius 3 is 2.65 bits per heavy atom. The third-order valence-electron chi connectivity index (χ3n) is 4.80. The van der Waals surface area contributed by atoms with Gasteiger partial charge in [-0.25, -0.2) is 4.79 Å². The van der Waals surface area contributed by atoms with Gasteiger partial charge in [-0.3, -0.25) is 19.4 Å². The Balaban J connectivity index is 1.62. The van der Waals surface area contributed by atoms with Crippen molar-refractivity contribution in [3.05, 3.63) is 24.2 Å². The second-order valence-corrected chi connectivity index (χ2v) is 7.47. The van der Waals surface area contributed by atoms with Crippen LogP contribution in [0.15, 0.2) is 23.0 Å². The van der Waals surface area contributed by atoms with Gasteiger partial charge in [0.25, 0.3) is 0 Å². The molecule has 142 valence electrons. The SMILES string of the molecule is CCN1CCN(C(=O)NC[C@@H](c2ccoc2)N2CCSCC2)C(=O)C1=O. The molecule has 4 amide bonds. The molecule has 2 fully saturated rings. The highest BCUT2D eigenvalue weighted by atomic mass is 32.2. The van der Waals surface area contributed by atoms with E-state index in [-0.39, 0.29) is 12.6 Å². The topological polar surface area (TPSA) is 86.1 Å². The number of piperazine rings is 1. The molecule has 0 spiro atoms. The van der Waals surface area contributed by atoms with Crippen molar-refractivity contribution in [2.45, 2.75) is 13.0 Å². The number of thioether (sulfide) groups is 1. The maximum absolute atomic E-state index is 12.5. The molecular weight excluding hydrogens is 356 g/mol. The van der Waals surface area contributed by atoms with Crippen molar-refractivity contribution in [2.75, 3.05) is 50.8 Å². The minimum Gasteiger partial charge on any atom is -0.472 e. The Morgan fingerprint density at radius 1 is 1.23 bits per heavy atom. The normalized spacial score (nSPS) is 20.3. The van der Waals surface area contributed by atoms with Gasteiger partial charge in [-0.2, -0.15) is 11.8 Å². The number of likely N-dealkylation sites (N-methyl/N-ethyl adjacent to an activating group) is 1. The van der Waals surface area contributed by atoms with Crippen LogP contribution in [-0.4, -0.2) is 83.3 Å². The van der Waals surface area contributed by atoms with Gasteiger partial charge >= 0.3 is 17.8 Å². The monoisotopic (exact) mass is 380 g/mol. The highest BCUT2D eigenvalue weighted by Gasteiger charge is 2.35. The van der Waals surface area contributed by atoms with Gasteiger partial charge in [0.15, 0.2) is 0 Å². The number of carbonyl (C=O) groups is 3. The minimum absolute atomic E-state index is 0.0127. The fourth-order valence-corrected chi connectivity index (χ4v) is 4.19. The summed E-state index contributed by atoms with van der Waals surface area (Å²) in [6, 6.07) is 1.37. The van der Waals surface area contributed by atoms with Crippen molar-refractivity contribution in [1.82, 2.24) is 20.0 Å². The molecule has 1 atom stereocenters. The molecule has 0 radical (unpaired) electrons. The van der Waals surface area contributed by atoms with E-state index in [0.717, 1.165) is 35.1 Å². The van der Waals surface area contributed by atoms with Crippen LogP contribution >= 0.6 is 11.8 Å². The molecule has 2 aliphatic rings. The Morgan fingerprint density at radius 2 is 2.00 bits per heavy atom. The summed E-state index contributed by atoms with van der Waals surface area (Å²) in [5, 5.41) is 2.83. The number of furan rings is 1. The van der Waals surface area contributed by atoms with Gasteiger partial charge in [-0.15, -0.1) is 0 Å². The first kappa shape index (κ1) is 18.8. The van der Waals surface area contributed by atoms with Gasteiger partial charge in [0, 0.05) is 56.3 Å². The summed E-state index contributed by atoms with van der Waals surface area (Å²) in [6.45, 7) is 5.11. The van der Waals surface area contributed by atoms with E-state index in [2.05, 4.69) is 10.2 Å². The predicted molar refractivity (Wildman–Crippen MR) is 97.7 cm³/mol. The number of urea groups is 1. The first-order valence-corrected chi connectivity index (χ1v) is 9.99. The van der Waals surface area contributed by atoms with E-state index in [0.29, 0.717) is 19.6 Å². The summed E-state index contributed by atoms with van der Waals surface area (Å²) in [4.78, 5) is 41.4. The lowest BCUT2D eigenvalue weighted by atomic mass is 10.1. The van der Waals surface area contributed by atoms with Crippen LogP contribution < -0.4 is 5.32 Å². The summed E-state index contributed by atoms with van der Waals surface area (Å²) in [6.07, 6.45) is 3.31. The average Bonchev–Trinajstić information content (AvgIpc) is 3.19. The van der Waals surface area contributed by atoms with Crippen molar-refractivity contribution >= 4 is 29.6 Å². The van der Waals surface area contributed by atoms with Crippen LogP contribution in [-0.2, 0) is 9.59 Å². The lowest BCUT2D eigenvalue weighted by Crippen LogP contribution is -2.58. The third-order valence-corrected chi connectivity index (χ3v) is 5.74. The predicted octanol–water partition coefficient (Wildman–Crippen LogP) is 0.770. The second kappa shape index (κ2) is 8.59. The number of hydrogen-bond donors (Lipinski definition) is 1. The summed E-state index contributed by atoms with van der Waals surface area (Å²) >= 11 is 1.92. The quantitative estimate of drug-likeness (QED) is 0.760. The lowest BCUT2D eigenvalue weighted by molar-refractivity contribution is -0.153. The fourth-order valence-electron chi connectivity index (χ4n) is 3.26. The number of nitrogens with one attached hydrogen (secondary N) is 1. The molecule has 8 nitrogen and oxygen atoms in total. The highest BCUT2D eigenvalue weighted by molar-refractivity contribution is 7.99. The van der Waals surface area contributed by atoms with E-state index in [4.69, 9.17) is 4.42 Å². The zero-order valence-electron chi connectivity index (χ0n) is 14.8. The van der Waals surface area contributed by atoms with Crippen LogP contribution in [0.25, 0.3) is 0 Å². The number of imide groups is 1. The summed E-state index contributed by atoms with van der Waals surface area (Å²) in [5.41, 5.74) is 0.996. The molecule has 2 aliphatic heterocycles. The van der Waals surface area contributed by atoms with Gasteiger partial charge in [0.1, 0.15) is 0 Å². The molecule has 3 heterocycles. The van der Waals surface area contributed by atoms with Crippen molar-refractivity contribution in [3.8, 4) is 0 Å². The summed E-state index contributed by atoms with van der Waals surface area (Å²) < 4.78 is 5.21. The Hall–Kier alpha value is -2.00. The zero-order chi connectivity index (χ0) is 18.5. The Labute approximate surface area is 156 Å². The molecule has 2 saturated heterocycles. The van der Waals surface area contributed by atoms with Gasteiger partial charge < -0.3 is 14.6 Å². The molecule has 1 N–H and O–H groups in total. The molecule has 0 unspecified atom stereocenters. The molecule has 0 aromatic carbocycles. The maximum Gasteiger partial charge on any atom is 0.324 e. The van der Waals surface area contributed by atoms with Crippen LogP contribution in [0.3, 0.4) is 0 Å². The van der Waals surface area contributed by atoms with Crippen molar-refractivity contribution in [2.24, 2.45) is 0 Å². The van der Waals surface area contributed by atoms with Gasteiger partial charge in [0.05, 0.1) is 18.6 Å². The van der Waals surface area contributed by atoms with Crippen LogP contribution in [0.5, 0.6) is 0 Å². The van der Waals surface area contributed by atoms with Crippen LogP contribution in [0.4, 0.5) is 4.79 Å². The molecular formula is C17H24N4O4S. The van der Waals surface area contributed by atoms with Gasteiger partial charge in [0.2, 0.25) is 0 Å². The van der Waals surface area contributed by atoms with E-state index >= 15 is 0 Å². The van der Waals surface area contributed by atoms with Crippen molar-refractivity contribution in [1.29, 1.82) is 0 Å². The second-order valence-electron chi connectivity index (χ2n) is 6.25. The Bertz CT molecular complexity index is 645. The molecule has 1 aromatic rings. The van der Waals surface area contributed by atoms with E-state index in [9.17, 15) is 14.4 Å². The molecule has 0 saturated carbocycles. The van der Waals surface area contributed by atoms with E-state index < -0.39 is 17.8 Å². The molecule has 0 aliphatic carbocycles. The molecule has 0 bridgehead atoms. The van der Waals surface area contributed by atoms with Crippen LogP contribution in [0, 0.1) is 0 Å². The summed E-state index contributed by atoms with van der Waals surface area (Å²) in [5.74, 6) is 0.723. The smallest absolute Gasteiger partial charge is 0.324 e. The van der Waals surface area contributed by atoms with Crippen molar-refractivity contribution in [3.63, 3.8) is 0 Å². The maximum atomic E-state index is 12.5. The third kappa shape index (κ3) is 4.04. The molecule has 26 heavy (non-hydrogen) atoms. The number of nitrogens with zero attached hydrogens (tertiary/aromatic N) is 3. The molecule has 3 rings (SSSR count). The number of hydrogen-bond acceptors (Lipinski definition) is 6. The van der Waals surface area contributed by atoms with E-state index in [1.807, 2.05) is 24.8 Å². The van der Waals surface area contributed by atoms with Crippen LogP contribution in [0.2, 0.25) is 0 Å². The van der Waals surface area contributed by atoms with E-state index in [1.165, 1.54) is 4.90 Å². The van der Waals surface area contributed by atoms with Crippen LogP contribution in [0.1, 0.15) is 18.5 Å². The fraction of sp³-hybridized carbons (Fsp3) is 0.588. The van der Waals surface area contributed by atoms with Gasteiger partial charge in [-0.1, -0.05) is 0 Å². The van der Waals surface area contributed by atoms with E-state index in [1.54, 1.807) is 12.5 Å². The number of amides is 4. The van der Waals surface area contributed by atoms with Crippen molar-refractivity contribution < 1.29 is 18.8 Å². The largest absolute Gasteiger partial charge is 0.472 e. The minimum atomic E-state index is -0.759. The molecule has 9 heteroatoms. The summed E-state index contributed by atoms with van der Waals surface area (Å²) in [7, 11) is 0. The zero-order valence-corrected chi connectivity index (χ0v) is 15.7. The number of rotatable bonds is 5. The van der Waals surface area contributed by atoms with Gasteiger partial charge in [-0.05, 0) is 13.0 Å².